The second-order valence-electron chi connectivity index (χ2n) is 9.21. The van der Waals surface area contributed by atoms with Crippen molar-refractivity contribution in [3.63, 3.8) is 0 Å². The molecule has 4 bridgehead atoms. The van der Waals surface area contributed by atoms with E-state index in [1.165, 1.54) is 32.2 Å². The first-order valence-electron chi connectivity index (χ1n) is 9.69. The summed E-state index contributed by atoms with van der Waals surface area (Å²) in [6.07, 6.45) is 8.34. The predicted octanol–water partition coefficient (Wildman–Crippen LogP) is 2.17. The van der Waals surface area contributed by atoms with Gasteiger partial charge in [0.05, 0.1) is 5.60 Å². The van der Waals surface area contributed by atoms with Crippen molar-refractivity contribution >= 4 is 5.91 Å². The van der Waals surface area contributed by atoms with E-state index >= 15 is 0 Å². The van der Waals surface area contributed by atoms with Crippen LogP contribution in [0.25, 0.3) is 0 Å². The molecule has 0 unspecified atom stereocenters. The Labute approximate surface area is 140 Å². The number of aliphatic hydroxyl groups is 1. The number of rotatable bonds is 5. The van der Waals surface area contributed by atoms with E-state index in [0.29, 0.717) is 24.2 Å². The van der Waals surface area contributed by atoms with Crippen LogP contribution in [-0.2, 0) is 4.79 Å². The van der Waals surface area contributed by atoms with Gasteiger partial charge in [-0.2, -0.15) is 0 Å². The van der Waals surface area contributed by atoms with Crippen molar-refractivity contribution in [2.45, 2.75) is 63.9 Å². The number of carbonyl (C=O) groups is 1. The number of hydrogen-bond acceptors (Lipinski definition) is 3. The fourth-order valence-electron chi connectivity index (χ4n) is 6.64. The average Bonchev–Trinajstić information content (AvgIpc) is 2.90. The SMILES string of the molecule is CCN1CC[C@H](CNC(=O)CC23C[C@H]4C[C@@H](CC(O)(C4)C2)C3)C1. The third kappa shape index (κ3) is 3.17. The van der Waals surface area contributed by atoms with Gasteiger partial charge in [-0.15, -0.1) is 0 Å². The zero-order valence-electron chi connectivity index (χ0n) is 14.5. The molecule has 3 atom stereocenters. The Balaban J connectivity index is 1.31. The van der Waals surface area contributed by atoms with Crippen LogP contribution in [0.5, 0.6) is 0 Å². The topological polar surface area (TPSA) is 52.6 Å². The minimum Gasteiger partial charge on any atom is -0.390 e. The third-order valence-electron chi connectivity index (χ3n) is 7.09. The van der Waals surface area contributed by atoms with Gasteiger partial charge in [-0.1, -0.05) is 6.92 Å². The van der Waals surface area contributed by atoms with Crippen LogP contribution in [0.4, 0.5) is 0 Å². The molecule has 2 N–H and O–H groups in total. The van der Waals surface area contributed by atoms with Crippen LogP contribution in [0.15, 0.2) is 0 Å². The zero-order valence-corrected chi connectivity index (χ0v) is 14.5. The average molecular weight is 320 g/mol. The summed E-state index contributed by atoms with van der Waals surface area (Å²) in [5.74, 6) is 2.19. The molecule has 5 aliphatic rings. The number of amides is 1. The number of nitrogens with one attached hydrogen (secondary N) is 1. The lowest BCUT2D eigenvalue weighted by Gasteiger charge is -2.60. The fourth-order valence-corrected chi connectivity index (χ4v) is 6.64. The molecule has 0 spiro atoms. The Morgan fingerprint density at radius 3 is 2.61 bits per heavy atom. The van der Waals surface area contributed by atoms with E-state index in [9.17, 15) is 9.90 Å². The molecular weight excluding hydrogens is 288 g/mol. The highest BCUT2D eigenvalue weighted by Crippen LogP contribution is 2.62. The molecule has 5 fully saturated rings. The van der Waals surface area contributed by atoms with E-state index < -0.39 is 5.60 Å². The summed E-state index contributed by atoms with van der Waals surface area (Å²) in [7, 11) is 0. The molecule has 4 nitrogen and oxygen atoms in total. The predicted molar refractivity (Wildman–Crippen MR) is 89.9 cm³/mol. The quantitative estimate of drug-likeness (QED) is 0.816. The largest absolute Gasteiger partial charge is 0.390 e. The Kier molecular flexibility index (Phi) is 3.96. The van der Waals surface area contributed by atoms with Crippen molar-refractivity contribution in [3.8, 4) is 0 Å². The molecule has 0 radical (unpaired) electrons. The van der Waals surface area contributed by atoms with Gasteiger partial charge in [-0.25, -0.2) is 0 Å². The molecule has 4 saturated carbocycles. The summed E-state index contributed by atoms with van der Waals surface area (Å²) >= 11 is 0. The molecule has 4 heteroatoms. The van der Waals surface area contributed by atoms with Crippen LogP contribution < -0.4 is 5.32 Å². The molecular formula is C19H32N2O2. The summed E-state index contributed by atoms with van der Waals surface area (Å²) in [6.45, 7) is 6.47. The summed E-state index contributed by atoms with van der Waals surface area (Å²) in [4.78, 5) is 15.0. The first-order chi connectivity index (χ1) is 11.0. The van der Waals surface area contributed by atoms with Crippen LogP contribution >= 0.6 is 0 Å². The molecule has 4 aliphatic carbocycles. The number of likely N-dealkylation sites (tertiary alicyclic amines) is 1. The normalized spacial score (nSPS) is 45.6. The Hall–Kier alpha value is -0.610. The van der Waals surface area contributed by atoms with Gasteiger partial charge >= 0.3 is 0 Å². The van der Waals surface area contributed by atoms with Crippen molar-refractivity contribution in [2.24, 2.45) is 23.2 Å². The second-order valence-corrected chi connectivity index (χ2v) is 9.21. The first kappa shape index (κ1) is 15.9. The van der Waals surface area contributed by atoms with E-state index in [1.807, 2.05) is 0 Å². The minimum absolute atomic E-state index is 0.105. The van der Waals surface area contributed by atoms with Gasteiger partial charge in [0.15, 0.2) is 0 Å². The maximum Gasteiger partial charge on any atom is 0.220 e. The van der Waals surface area contributed by atoms with Crippen molar-refractivity contribution in [2.75, 3.05) is 26.2 Å². The van der Waals surface area contributed by atoms with E-state index in [1.54, 1.807) is 0 Å². The molecule has 5 rings (SSSR count). The molecule has 130 valence electrons. The number of hydrogen-bond donors (Lipinski definition) is 2. The van der Waals surface area contributed by atoms with Crippen molar-refractivity contribution in [3.05, 3.63) is 0 Å². The first-order valence-corrected chi connectivity index (χ1v) is 9.69. The molecule has 23 heavy (non-hydrogen) atoms. The smallest absolute Gasteiger partial charge is 0.220 e. The van der Waals surface area contributed by atoms with Crippen molar-refractivity contribution < 1.29 is 9.90 Å². The van der Waals surface area contributed by atoms with Crippen LogP contribution in [0.2, 0.25) is 0 Å². The minimum atomic E-state index is -0.447. The lowest BCUT2D eigenvalue weighted by molar-refractivity contribution is -0.169. The maximum atomic E-state index is 12.5. The van der Waals surface area contributed by atoms with Crippen LogP contribution in [0, 0.1) is 23.2 Å². The van der Waals surface area contributed by atoms with E-state index in [2.05, 4.69) is 17.1 Å². The van der Waals surface area contributed by atoms with Crippen LogP contribution in [0.3, 0.4) is 0 Å². The van der Waals surface area contributed by atoms with Gasteiger partial charge in [0.2, 0.25) is 5.91 Å². The number of carbonyl (C=O) groups excluding carboxylic acids is 1. The van der Waals surface area contributed by atoms with E-state index in [4.69, 9.17) is 0 Å². The highest BCUT2D eigenvalue weighted by molar-refractivity contribution is 5.76. The summed E-state index contributed by atoms with van der Waals surface area (Å²) in [5.41, 5.74) is -0.342. The zero-order chi connectivity index (χ0) is 16.1. The van der Waals surface area contributed by atoms with Gasteiger partial charge in [0, 0.05) is 19.5 Å². The molecule has 1 heterocycles. The summed E-state index contributed by atoms with van der Waals surface area (Å²) in [5, 5.41) is 14.0. The van der Waals surface area contributed by atoms with Crippen LogP contribution in [0.1, 0.15) is 58.3 Å². The lowest BCUT2D eigenvalue weighted by atomic mass is 9.47. The Bertz CT molecular complexity index is 464. The van der Waals surface area contributed by atoms with E-state index in [-0.39, 0.29) is 11.3 Å². The molecule has 1 amide bonds. The third-order valence-corrected chi connectivity index (χ3v) is 7.09. The molecule has 1 saturated heterocycles. The maximum absolute atomic E-state index is 12.5. The highest BCUT2D eigenvalue weighted by Gasteiger charge is 2.57. The van der Waals surface area contributed by atoms with Gasteiger partial charge in [0.1, 0.15) is 0 Å². The van der Waals surface area contributed by atoms with Gasteiger partial charge in [0.25, 0.3) is 0 Å². The van der Waals surface area contributed by atoms with Gasteiger partial charge in [-0.3, -0.25) is 4.79 Å². The van der Waals surface area contributed by atoms with Gasteiger partial charge < -0.3 is 15.3 Å². The van der Waals surface area contributed by atoms with E-state index in [0.717, 1.165) is 38.9 Å². The molecule has 1 aliphatic heterocycles. The van der Waals surface area contributed by atoms with Gasteiger partial charge in [-0.05, 0) is 81.2 Å². The molecule has 0 aromatic heterocycles. The van der Waals surface area contributed by atoms with Crippen molar-refractivity contribution in [1.29, 1.82) is 0 Å². The highest BCUT2D eigenvalue weighted by atomic mass is 16.3. The Morgan fingerprint density at radius 1 is 1.26 bits per heavy atom. The molecule has 0 aromatic rings. The second kappa shape index (κ2) is 5.73. The standard InChI is InChI=1S/C19H32N2O2/c1-2-21-4-3-14(12-21)11-20-17(22)10-18-6-15-5-16(7-18)9-19(23,8-15)13-18/h14-16,23H,2-13H2,1H3,(H,20,22)/t14-,15-,16-,18?,19?/m1/s1. The monoisotopic (exact) mass is 320 g/mol. The summed E-state index contributed by atoms with van der Waals surface area (Å²) < 4.78 is 0. The number of nitrogens with zero attached hydrogens (tertiary/aromatic N) is 1. The molecule has 0 aromatic carbocycles. The Morgan fingerprint density at radius 2 is 2.00 bits per heavy atom. The summed E-state index contributed by atoms with van der Waals surface area (Å²) in [6, 6.07) is 0. The lowest BCUT2D eigenvalue weighted by Crippen LogP contribution is -2.56. The fraction of sp³-hybridized carbons (Fsp3) is 0.947. The van der Waals surface area contributed by atoms with Crippen LogP contribution in [-0.4, -0.2) is 47.7 Å². The van der Waals surface area contributed by atoms with Crippen molar-refractivity contribution in [1.82, 2.24) is 10.2 Å².